The van der Waals surface area contributed by atoms with Crippen molar-refractivity contribution in [2.45, 2.75) is 13.3 Å². The molecule has 0 amide bonds. The molecule has 0 bridgehead atoms. The van der Waals surface area contributed by atoms with E-state index in [-0.39, 0.29) is 5.97 Å². The molecule has 0 aromatic carbocycles. The van der Waals surface area contributed by atoms with Gasteiger partial charge in [-0.15, -0.1) is 0 Å². The van der Waals surface area contributed by atoms with Crippen LogP contribution in [0.15, 0.2) is 34.0 Å². The third-order valence-electron chi connectivity index (χ3n) is 2.02. The lowest BCUT2D eigenvalue weighted by Gasteiger charge is -2.09. The molecule has 0 saturated heterocycles. The molecule has 72 valence electrons. The van der Waals surface area contributed by atoms with Crippen molar-refractivity contribution in [2.75, 3.05) is 6.61 Å². The number of allylic oxidation sites excluding steroid dienone is 2. The Morgan fingerprint density at radius 3 is 3.21 bits per heavy atom. The molecule has 2 aliphatic rings. The van der Waals surface area contributed by atoms with Crippen LogP contribution in [0.5, 0.6) is 0 Å². The zero-order chi connectivity index (χ0) is 9.97. The van der Waals surface area contributed by atoms with E-state index in [0.29, 0.717) is 18.7 Å². The molecule has 0 spiro atoms. The maximum atomic E-state index is 11.3. The molecular weight excluding hydrogens is 180 g/mol. The molecule has 0 N–H and O–H groups in total. The Morgan fingerprint density at radius 2 is 2.43 bits per heavy atom. The quantitative estimate of drug-likeness (QED) is 0.615. The first-order chi connectivity index (χ1) is 6.81. The smallest absolute Gasteiger partial charge is 0.353 e. The van der Waals surface area contributed by atoms with E-state index in [9.17, 15) is 4.79 Å². The minimum atomic E-state index is -0.350. The first-order valence-electron chi connectivity index (χ1n) is 4.49. The van der Waals surface area contributed by atoms with Gasteiger partial charge in [0.25, 0.3) is 0 Å². The molecule has 0 aliphatic carbocycles. The fourth-order valence-corrected chi connectivity index (χ4v) is 1.33. The van der Waals surface area contributed by atoms with Crippen LogP contribution in [-0.4, -0.2) is 24.0 Å². The summed E-state index contributed by atoms with van der Waals surface area (Å²) in [4.78, 5) is 19.5. The minimum Gasteiger partial charge on any atom is -0.461 e. The molecule has 2 aliphatic heterocycles. The Balaban J connectivity index is 2.15. The van der Waals surface area contributed by atoms with E-state index in [4.69, 9.17) is 4.74 Å². The second kappa shape index (κ2) is 3.57. The van der Waals surface area contributed by atoms with Crippen LogP contribution in [0.4, 0.5) is 0 Å². The Kier molecular flexibility index (Phi) is 2.26. The Hall–Kier alpha value is -1.71. The van der Waals surface area contributed by atoms with Crippen LogP contribution >= 0.6 is 0 Å². The van der Waals surface area contributed by atoms with Gasteiger partial charge in [-0.05, 0) is 13.0 Å². The van der Waals surface area contributed by atoms with E-state index in [1.165, 1.54) is 0 Å². The predicted octanol–water partition coefficient (Wildman–Crippen LogP) is 1.25. The lowest BCUT2D eigenvalue weighted by molar-refractivity contribution is -0.135. The Labute approximate surface area is 81.7 Å². The maximum absolute atomic E-state index is 11.3. The molecule has 0 saturated carbocycles. The van der Waals surface area contributed by atoms with Crippen LogP contribution in [0.1, 0.15) is 13.3 Å². The van der Waals surface area contributed by atoms with Crippen molar-refractivity contribution < 1.29 is 9.53 Å². The van der Waals surface area contributed by atoms with E-state index >= 15 is 0 Å². The molecular formula is C10H10N2O2. The van der Waals surface area contributed by atoms with Gasteiger partial charge in [-0.2, -0.15) is 0 Å². The summed E-state index contributed by atoms with van der Waals surface area (Å²) in [6.45, 7) is 2.15. The van der Waals surface area contributed by atoms with E-state index in [1.807, 2.05) is 6.08 Å². The number of hydrogen-bond donors (Lipinski definition) is 0. The minimum absolute atomic E-state index is 0.350. The second-order valence-corrected chi connectivity index (χ2v) is 2.95. The van der Waals surface area contributed by atoms with Crippen LogP contribution in [0, 0.1) is 0 Å². The zero-order valence-corrected chi connectivity index (χ0v) is 7.86. The summed E-state index contributed by atoms with van der Waals surface area (Å²) in [5.41, 5.74) is 2.30. The highest BCUT2D eigenvalue weighted by Gasteiger charge is 2.21. The Morgan fingerprint density at radius 1 is 1.57 bits per heavy atom. The van der Waals surface area contributed by atoms with Gasteiger partial charge in [0.15, 0.2) is 0 Å². The third kappa shape index (κ3) is 1.51. The van der Waals surface area contributed by atoms with Crippen molar-refractivity contribution in [1.29, 1.82) is 0 Å². The fraction of sp³-hybridized carbons (Fsp3) is 0.300. The third-order valence-corrected chi connectivity index (χ3v) is 2.02. The summed E-state index contributed by atoms with van der Waals surface area (Å²) in [6, 6.07) is 0. The number of esters is 1. The summed E-state index contributed by atoms with van der Waals surface area (Å²) >= 11 is 0. The Bertz CT molecular complexity index is 389. The summed E-state index contributed by atoms with van der Waals surface area (Å²) in [7, 11) is 0. The molecule has 0 fully saturated rings. The highest BCUT2D eigenvalue weighted by atomic mass is 16.5. The van der Waals surface area contributed by atoms with Crippen LogP contribution in [0.25, 0.3) is 0 Å². The fourth-order valence-electron chi connectivity index (χ4n) is 1.33. The molecule has 0 radical (unpaired) electrons. The number of nitrogens with zero attached hydrogens (tertiary/aromatic N) is 2. The standard InChI is InChI=1S/C10H10N2O2/c1-2-14-10(13)9-5-8-7(6-12-9)3-4-11-8/h3-4,6H,2,5H2,1H3. The highest BCUT2D eigenvalue weighted by molar-refractivity contribution is 6.42. The molecule has 2 heterocycles. The highest BCUT2D eigenvalue weighted by Crippen LogP contribution is 2.17. The number of rotatable bonds is 2. The number of ether oxygens (including phenoxy) is 1. The molecule has 0 aromatic rings. The molecule has 14 heavy (non-hydrogen) atoms. The predicted molar refractivity (Wildman–Crippen MR) is 53.3 cm³/mol. The van der Waals surface area contributed by atoms with E-state index < -0.39 is 0 Å². The monoisotopic (exact) mass is 190 g/mol. The van der Waals surface area contributed by atoms with Gasteiger partial charge >= 0.3 is 5.97 Å². The van der Waals surface area contributed by atoms with Gasteiger partial charge in [-0.25, -0.2) is 4.79 Å². The lowest BCUT2D eigenvalue weighted by Crippen LogP contribution is -2.23. The van der Waals surface area contributed by atoms with Gasteiger partial charge in [0.2, 0.25) is 0 Å². The van der Waals surface area contributed by atoms with Gasteiger partial charge in [0.1, 0.15) is 5.71 Å². The second-order valence-electron chi connectivity index (χ2n) is 2.95. The van der Waals surface area contributed by atoms with Crippen molar-refractivity contribution in [2.24, 2.45) is 9.98 Å². The molecule has 4 heteroatoms. The van der Waals surface area contributed by atoms with Gasteiger partial charge < -0.3 is 4.74 Å². The molecule has 0 aromatic heterocycles. The summed E-state index contributed by atoms with van der Waals surface area (Å²) in [6.07, 6.45) is 5.71. The number of aliphatic imine (C=N–C) groups is 2. The van der Waals surface area contributed by atoms with Crippen LogP contribution in [-0.2, 0) is 9.53 Å². The first-order valence-corrected chi connectivity index (χ1v) is 4.49. The average Bonchev–Trinajstić information content (AvgIpc) is 2.64. The van der Waals surface area contributed by atoms with Crippen molar-refractivity contribution >= 4 is 17.4 Å². The van der Waals surface area contributed by atoms with Crippen molar-refractivity contribution in [3.8, 4) is 0 Å². The van der Waals surface area contributed by atoms with Gasteiger partial charge in [-0.1, -0.05) is 0 Å². The van der Waals surface area contributed by atoms with E-state index in [1.54, 1.807) is 19.3 Å². The maximum Gasteiger partial charge on any atom is 0.353 e. The average molecular weight is 190 g/mol. The summed E-state index contributed by atoms with van der Waals surface area (Å²) < 4.78 is 4.86. The van der Waals surface area contributed by atoms with E-state index in [2.05, 4.69) is 9.98 Å². The number of carbonyl (C=O) groups is 1. The normalized spacial score (nSPS) is 18.2. The van der Waals surface area contributed by atoms with Crippen LogP contribution in [0.3, 0.4) is 0 Å². The molecule has 0 unspecified atom stereocenters. The van der Waals surface area contributed by atoms with Crippen LogP contribution in [0.2, 0.25) is 0 Å². The zero-order valence-electron chi connectivity index (χ0n) is 7.86. The molecule has 4 nitrogen and oxygen atoms in total. The van der Waals surface area contributed by atoms with Gasteiger partial charge in [0, 0.05) is 24.4 Å². The van der Waals surface area contributed by atoms with Crippen molar-refractivity contribution in [3.05, 3.63) is 24.0 Å². The summed E-state index contributed by atoms with van der Waals surface area (Å²) in [5, 5.41) is 0. The number of hydrogen-bond acceptors (Lipinski definition) is 4. The number of carbonyl (C=O) groups excluding carboxylic acids is 1. The topological polar surface area (TPSA) is 51.0 Å². The SMILES string of the molecule is CCOC(=O)C1=NC=C2C=CN=C2C1. The van der Waals surface area contributed by atoms with Crippen molar-refractivity contribution in [1.82, 2.24) is 0 Å². The van der Waals surface area contributed by atoms with Crippen molar-refractivity contribution in [3.63, 3.8) is 0 Å². The van der Waals surface area contributed by atoms with E-state index in [0.717, 1.165) is 11.3 Å². The molecule has 0 atom stereocenters. The first kappa shape index (κ1) is 8.87. The van der Waals surface area contributed by atoms with Gasteiger partial charge in [-0.3, -0.25) is 9.98 Å². The summed E-state index contributed by atoms with van der Waals surface area (Å²) in [5.74, 6) is -0.350. The van der Waals surface area contributed by atoms with Crippen LogP contribution < -0.4 is 0 Å². The largest absolute Gasteiger partial charge is 0.461 e. The molecule has 2 rings (SSSR count). The lowest BCUT2D eigenvalue weighted by atomic mass is 10.0. The number of fused-ring (bicyclic) bond motifs is 1. The van der Waals surface area contributed by atoms with Gasteiger partial charge in [0.05, 0.1) is 12.3 Å².